The molecule has 1 atom stereocenters. The van der Waals surface area contributed by atoms with Crippen molar-refractivity contribution >= 4 is 15.8 Å². The van der Waals surface area contributed by atoms with Crippen molar-refractivity contribution < 1.29 is 18.3 Å². The van der Waals surface area contributed by atoms with Crippen LogP contribution in [0.2, 0.25) is 0 Å². The summed E-state index contributed by atoms with van der Waals surface area (Å²) in [5.41, 5.74) is 2.07. The summed E-state index contributed by atoms with van der Waals surface area (Å²) in [7, 11) is -3.19. The number of hydrogen-bond donors (Lipinski definition) is 1. The lowest BCUT2D eigenvalue weighted by Gasteiger charge is -2.05. The average Bonchev–Trinajstić information content (AvgIpc) is 3.00. The Hall–Kier alpha value is -1.36. The lowest BCUT2D eigenvalue weighted by Crippen LogP contribution is -2.07. The minimum Gasteiger partial charge on any atom is -0.481 e. The van der Waals surface area contributed by atoms with Crippen LogP contribution in [0.3, 0.4) is 0 Å². The van der Waals surface area contributed by atoms with Crippen LogP contribution in [-0.4, -0.2) is 25.2 Å². The predicted molar refractivity (Wildman–Crippen MR) is 106 cm³/mol. The van der Waals surface area contributed by atoms with Gasteiger partial charge in [-0.25, -0.2) is 8.42 Å². The van der Waals surface area contributed by atoms with E-state index >= 15 is 0 Å². The van der Waals surface area contributed by atoms with Crippen LogP contribution in [0.1, 0.15) is 72.4 Å². The lowest BCUT2D eigenvalue weighted by molar-refractivity contribution is -0.138. The first-order valence-corrected chi connectivity index (χ1v) is 11.1. The molecule has 25 heavy (non-hydrogen) atoms. The summed E-state index contributed by atoms with van der Waals surface area (Å²) in [4.78, 5) is 11.1. The fourth-order valence-electron chi connectivity index (χ4n) is 2.66. The maximum absolute atomic E-state index is 12.0. The van der Waals surface area contributed by atoms with Crippen molar-refractivity contribution in [3.05, 3.63) is 29.3 Å². The number of carbonyl (C=O) groups is 1. The van der Waals surface area contributed by atoms with Crippen molar-refractivity contribution in [2.24, 2.45) is 5.92 Å². The number of carboxylic acids is 1. The first-order valence-electron chi connectivity index (χ1n) is 9.48. The van der Waals surface area contributed by atoms with Gasteiger partial charge in [-0.3, -0.25) is 4.79 Å². The Morgan fingerprint density at radius 3 is 2.04 bits per heavy atom. The van der Waals surface area contributed by atoms with E-state index in [1.165, 1.54) is 0 Å². The molecule has 0 radical (unpaired) electrons. The Bertz CT molecular complexity index is 592. The van der Waals surface area contributed by atoms with E-state index in [4.69, 9.17) is 5.11 Å². The number of rotatable bonds is 5. The van der Waals surface area contributed by atoms with Crippen LogP contribution in [0.15, 0.2) is 23.1 Å². The summed E-state index contributed by atoms with van der Waals surface area (Å²) < 4.78 is 24.0. The monoisotopic (exact) mass is 372 g/mol. The number of carboxylic acid groups (broad SMARTS) is 1. The molecule has 0 heterocycles. The second-order valence-corrected chi connectivity index (χ2v) is 7.23. The number of fused-ring (bicyclic) bond motifs is 1. The van der Waals surface area contributed by atoms with Gasteiger partial charge in [0.05, 0.1) is 10.6 Å². The summed E-state index contributed by atoms with van der Waals surface area (Å²) in [5.74, 6) is -0.544. The van der Waals surface area contributed by atoms with Gasteiger partial charge in [0.15, 0.2) is 9.84 Å². The normalized spacial score (nSPS) is 14.6. The van der Waals surface area contributed by atoms with E-state index in [1.807, 2.05) is 54.5 Å². The quantitative estimate of drug-likeness (QED) is 0.777. The molecule has 1 aliphatic carbocycles. The number of sulfone groups is 1. The largest absolute Gasteiger partial charge is 0.481 e. The van der Waals surface area contributed by atoms with Crippen molar-refractivity contribution in [2.45, 2.75) is 79.0 Å². The smallest absolute Gasteiger partial charge is 0.303 e. The topological polar surface area (TPSA) is 71.4 Å². The van der Waals surface area contributed by atoms with E-state index in [0.717, 1.165) is 17.5 Å². The summed E-state index contributed by atoms with van der Waals surface area (Å²) in [6.07, 6.45) is 2.14. The Kier molecular flexibility index (Phi) is 14.4. The zero-order chi connectivity index (χ0) is 20.0. The molecular formula is C20H36O4S. The third-order valence-corrected chi connectivity index (χ3v) is 5.41. The number of hydrogen-bond acceptors (Lipinski definition) is 3. The van der Waals surface area contributed by atoms with E-state index in [9.17, 15) is 13.2 Å². The molecule has 0 fully saturated rings. The molecule has 0 saturated heterocycles. The SMILES string of the molecule is CC.CC.CC.CCCS(=O)(=O)c1ccc2c(c1)CC(CC(=O)O)C2. The van der Waals surface area contributed by atoms with E-state index in [1.54, 1.807) is 12.1 Å². The van der Waals surface area contributed by atoms with E-state index in [-0.39, 0.29) is 18.1 Å². The van der Waals surface area contributed by atoms with Crippen LogP contribution in [0.5, 0.6) is 0 Å². The van der Waals surface area contributed by atoms with Gasteiger partial charge in [-0.15, -0.1) is 0 Å². The van der Waals surface area contributed by atoms with Crippen molar-refractivity contribution in [1.82, 2.24) is 0 Å². The number of benzene rings is 1. The molecule has 0 saturated carbocycles. The van der Waals surface area contributed by atoms with Gasteiger partial charge in [0, 0.05) is 6.42 Å². The van der Waals surface area contributed by atoms with Gasteiger partial charge >= 0.3 is 5.97 Å². The predicted octanol–water partition coefficient (Wildman–Crippen LogP) is 5.14. The van der Waals surface area contributed by atoms with E-state index in [2.05, 4.69) is 0 Å². The Labute approximate surface area is 154 Å². The van der Waals surface area contributed by atoms with Crippen molar-refractivity contribution in [2.75, 3.05) is 5.75 Å². The first kappa shape index (κ1) is 25.9. The molecule has 1 aliphatic rings. The molecule has 4 nitrogen and oxygen atoms in total. The summed E-state index contributed by atoms with van der Waals surface area (Å²) in [6, 6.07) is 5.20. The molecule has 1 aromatic rings. The molecule has 0 aromatic heterocycles. The molecule has 0 amide bonds. The van der Waals surface area contributed by atoms with Gasteiger partial charge in [-0.2, -0.15) is 0 Å². The summed E-state index contributed by atoms with van der Waals surface area (Å²) in [5, 5.41) is 8.81. The zero-order valence-electron chi connectivity index (χ0n) is 16.9. The molecule has 5 heteroatoms. The van der Waals surface area contributed by atoms with Gasteiger partial charge in [0.25, 0.3) is 0 Å². The molecule has 0 spiro atoms. The molecule has 2 rings (SSSR count). The molecule has 146 valence electrons. The highest BCUT2D eigenvalue weighted by molar-refractivity contribution is 7.91. The second-order valence-electron chi connectivity index (χ2n) is 5.12. The second kappa shape index (κ2) is 13.9. The fourth-order valence-corrected chi connectivity index (χ4v) is 4.03. The van der Waals surface area contributed by atoms with Crippen LogP contribution in [0.25, 0.3) is 0 Å². The standard InChI is InChI=1S/C14H18O4S.3C2H6/c1-2-5-19(17,18)13-4-3-11-6-10(8-14(15)16)7-12(11)9-13;3*1-2/h3-4,9-10H,2,5-8H2,1H3,(H,15,16);3*1-2H3. The molecular weight excluding hydrogens is 336 g/mol. The van der Waals surface area contributed by atoms with Crippen LogP contribution >= 0.6 is 0 Å². The minimum atomic E-state index is -3.19. The van der Waals surface area contributed by atoms with Crippen molar-refractivity contribution in [3.63, 3.8) is 0 Å². The van der Waals surface area contributed by atoms with Crippen LogP contribution in [0.4, 0.5) is 0 Å². The summed E-state index contributed by atoms with van der Waals surface area (Å²) >= 11 is 0. The fraction of sp³-hybridized carbons (Fsp3) is 0.650. The van der Waals surface area contributed by atoms with E-state index in [0.29, 0.717) is 17.7 Å². The number of aliphatic carboxylic acids is 1. The highest BCUT2D eigenvalue weighted by Gasteiger charge is 2.25. The highest BCUT2D eigenvalue weighted by Crippen LogP contribution is 2.31. The zero-order valence-corrected chi connectivity index (χ0v) is 17.7. The van der Waals surface area contributed by atoms with Crippen LogP contribution in [0, 0.1) is 5.92 Å². The maximum Gasteiger partial charge on any atom is 0.303 e. The van der Waals surface area contributed by atoms with Crippen molar-refractivity contribution in [3.8, 4) is 0 Å². The van der Waals surface area contributed by atoms with E-state index < -0.39 is 15.8 Å². The van der Waals surface area contributed by atoms with Gasteiger partial charge in [-0.1, -0.05) is 54.5 Å². The van der Waals surface area contributed by atoms with Gasteiger partial charge in [0.1, 0.15) is 0 Å². The Balaban J connectivity index is 0. The van der Waals surface area contributed by atoms with Gasteiger partial charge in [-0.05, 0) is 48.4 Å². The molecule has 1 N–H and O–H groups in total. The average molecular weight is 373 g/mol. The third-order valence-electron chi connectivity index (χ3n) is 3.49. The van der Waals surface area contributed by atoms with Gasteiger partial charge in [0.2, 0.25) is 0 Å². The van der Waals surface area contributed by atoms with Crippen molar-refractivity contribution in [1.29, 1.82) is 0 Å². The lowest BCUT2D eigenvalue weighted by atomic mass is 10.0. The Morgan fingerprint density at radius 2 is 1.56 bits per heavy atom. The minimum absolute atomic E-state index is 0.0941. The molecule has 1 unspecified atom stereocenters. The van der Waals surface area contributed by atoms with Crippen LogP contribution in [-0.2, 0) is 27.5 Å². The summed E-state index contributed by atoms with van der Waals surface area (Å²) in [6.45, 7) is 13.8. The van der Waals surface area contributed by atoms with Crippen LogP contribution < -0.4 is 0 Å². The third kappa shape index (κ3) is 8.52. The van der Waals surface area contributed by atoms with Gasteiger partial charge < -0.3 is 5.11 Å². The molecule has 0 aliphatic heterocycles. The Morgan fingerprint density at radius 1 is 1.04 bits per heavy atom. The molecule has 0 bridgehead atoms. The highest BCUT2D eigenvalue weighted by atomic mass is 32.2. The molecule has 1 aromatic carbocycles. The maximum atomic E-state index is 12.0. The first-order chi connectivity index (χ1) is 11.9.